The van der Waals surface area contributed by atoms with Gasteiger partial charge in [0.05, 0.1) is 0 Å². The lowest BCUT2D eigenvalue weighted by Gasteiger charge is -2.21. The maximum atomic E-state index is 13.2. The first kappa shape index (κ1) is 16.6. The van der Waals surface area contributed by atoms with Crippen LogP contribution in [0, 0.1) is 18.8 Å². The molecule has 27 heavy (non-hydrogen) atoms. The number of hydrogen-bond donors (Lipinski definition) is 1. The molecule has 1 heterocycles. The quantitative estimate of drug-likeness (QED) is 0.641. The summed E-state index contributed by atoms with van der Waals surface area (Å²) < 4.78 is 0. The molecule has 1 saturated heterocycles. The van der Waals surface area contributed by atoms with Crippen molar-refractivity contribution in [2.75, 3.05) is 18.4 Å². The first-order valence-electron chi connectivity index (χ1n) is 9.44. The van der Waals surface area contributed by atoms with Crippen molar-refractivity contribution in [3.63, 3.8) is 0 Å². The number of nitrogens with one attached hydrogen (secondary N) is 1. The minimum Gasteiger partial charge on any atom is -0.355 e. The van der Waals surface area contributed by atoms with Crippen molar-refractivity contribution in [1.82, 2.24) is 4.90 Å². The summed E-state index contributed by atoms with van der Waals surface area (Å²) in [5, 5.41) is 6.25. The predicted octanol–water partition coefficient (Wildman–Crippen LogP) is 5.64. The van der Waals surface area contributed by atoms with Crippen molar-refractivity contribution < 1.29 is 4.79 Å². The lowest BCUT2D eigenvalue weighted by atomic mass is 9.97. The second kappa shape index (κ2) is 6.28. The fourth-order valence-electron chi connectivity index (χ4n) is 4.33. The topological polar surface area (TPSA) is 32.3 Å². The van der Waals surface area contributed by atoms with E-state index in [1.54, 1.807) is 0 Å². The standard InChI is InChI=1S/C23H21ClN2O/c1-14-4-2-7-19-21(25-18-6-3-5-17(24)11-18)9-8-20(22(14)19)23(27)26-12-15-10-16(15)13-26/h2-9,11,15-16,25H,10,12-13H2,1H3. The summed E-state index contributed by atoms with van der Waals surface area (Å²) in [4.78, 5) is 15.2. The molecule has 0 radical (unpaired) electrons. The van der Waals surface area contributed by atoms with Crippen LogP contribution in [0.25, 0.3) is 10.8 Å². The van der Waals surface area contributed by atoms with Crippen molar-refractivity contribution in [3.05, 3.63) is 70.7 Å². The van der Waals surface area contributed by atoms with Gasteiger partial charge in [-0.2, -0.15) is 0 Å². The Kier molecular flexibility index (Phi) is 3.87. The van der Waals surface area contributed by atoms with E-state index in [0.29, 0.717) is 5.02 Å². The van der Waals surface area contributed by atoms with Gasteiger partial charge in [0.25, 0.3) is 5.91 Å². The third-order valence-corrected chi connectivity index (χ3v) is 6.08. The third kappa shape index (κ3) is 2.96. The molecule has 1 aliphatic carbocycles. The first-order chi connectivity index (χ1) is 13.1. The van der Waals surface area contributed by atoms with Crippen molar-refractivity contribution in [3.8, 4) is 0 Å². The van der Waals surface area contributed by atoms with Crippen LogP contribution >= 0.6 is 11.6 Å². The molecular formula is C23H21ClN2O. The van der Waals surface area contributed by atoms with Crippen molar-refractivity contribution >= 4 is 39.7 Å². The van der Waals surface area contributed by atoms with Crippen LogP contribution in [-0.4, -0.2) is 23.9 Å². The van der Waals surface area contributed by atoms with E-state index >= 15 is 0 Å². The van der Waals surface area contributed by atoms with Gasteiger partial charge in [0, 0.05) is 40.4 Å². The Labute approximate surface area is 163 Å². The number of carbonyl (C=O) groups is 1. The van der Waals surface area contributed by atoms with Crippen LogP contribution in [0.3, 0.4) is 0 Å². The molecule has 2 aliphatic rings. The second-order valence-corrected chi connectivity index (χ2v) is 8.20. The number of piperidine rings is 1. The summed E-state index contributed by atoms with van der Waals surface area (Å²) in [5.74, 6) is 1.64. The van der Waals surface area contributed by atoms with Crippen LogP contribution < -0.4 is 5.32 Å². The molecule has 2 unspecified atom stereocenters. The van der Waals surface area contributed by atoms with E-state index in [1.807, 2.05) is 47.4 Å². The molecule has 1 amide bonds. The van der Waals surface area contributed by atoms with Crippen LogP contribution in [-0.2, 0) is 0 Å². The molecule has 0 spiro atoms. The fraction of sp³-hybridized carbons (Fsp3) is 0.261. The van der Waals surface area contributed by atoms with Gasteiger partial charge in [0.2, 0.25) is 0 Å². The maximum Gasteiger partial charge on any atom is 0.254 e. The molecule has 136 valence electrons. The Hall–Kier alpha value is -2.52. The summed E-state index contributed by atoms with van der Waals surface area (Å²) in [5.41, 5.74) is 3.84. The van der Waals surface area contributed by atoms with E-state index < -0.39 is 0 Å². The molecule has 3 aromatic rings. The number of hydrogen-bond acceptors (Lipinski definition) is 2. The van der Waals surface area contributed by atoms with Gasteiger partial charge in [-0.15, -0.1) is 0 Å². The summed E-state index contributed by atoms with van der Waals surface area (Å²) in [6.07, 6.45) is 1.30. The molecule has 1 N–H and O–H groups in total. The zero-order valence-corrected chi connectivity index (χ0v) is 16.0. The van der Waals surface area contributed by atoms with Gasteiger partial charge in [-0.3, -0.25) is 4.79 Å². The van der Waals surface area contributed by atoms with Crippen molar-refractivity contribution in [1.29, 1.82) is 0 Å². The molecule has 3 nitrogen and oxygen atoms in total. The largest absolute Gasteiger partial charge is 0.355 e. The highest BCUT2D eigenvalue weighted by molar-refractivity contribution is 6.30. The molecule has 1 aliphatic heterocycles. The van der Waals surface area contributed by atoms with Gasteiger partial charge < -0.3 is 10.2 Å². The second-order valence-electron chi connectivity index (χ2n) is 7.76. The number of nitrogens with zero attached hydrogens (tertiary/aromatic N) is 1. The average molecular weight is 377 g/mol. The summed E-state index contributed by atoms with van der Waals surface area (Å²) >= 11 is 6.12. The van der Waals surface area contributed by atoms with E-state index in [1.165, 1.54) is 6.42 Å². The molecule has 5 rings (SSSR count). The van der Waals surface area contributed by atoms with Crippen LogP contribution in [0.4, 0.5) is 11.4 Å². The molecule has 0 bridgehead atoms. The Morgan fingerprint density at radius 3 is 2.63 bits per heavy atom. The number of rotatable bonds is 3. The maximum absolute atomic E-state index is 13.2. The lowest BCUT2D eigenvalue weighted by molar-refractivity contribution is 0.0777. The minimum atomic E-state index is 0.163. The fourth-order valence-corrected chi connectivity index (χ4v) is 4.52. The highest BCUT2D eigenvalue weighted by atomic mass is 35.5. The summed E-state index contributed by atoms with van der Waals surface area (Å²) in [6.45, 7) is 3.91. The van der Waals surface area contributed by atoms with Crippen LogP contribution in [0.2, 0.25) is 5.02 Å². The molecule has 2 fully saturated rings. The Bertz CT molecular complexity index is 1050. The van der Waals surface area contributed by atoms with Crippen molar-refractivity contribution in [2.45, 2.75) is 13.3 Å². The smallest absolute Gasteiger partial charge is 0.254 e. The monoisotopic (exact) mass is 376 g/mol. The number of benzene rings is 3. The van der Waals surface area contributed by atoms with Crippen LogP contribution in [0.1, 0.15) is 22.3 Å². The van der Waals surface area contributed by atoms with Gasteiger partial charge >= 0.3 is 0 Å². The molecular weight excluding hydrogens is 356 g/mol. The Morgan fingerprint density at radius 2 is 1.85 bits per heavy atom. The SMILES string of the molecule is Cc1cccc2c(Nc3cccc(Cl)c3)ccc(C(=O)N3CC4CC4C3)c12. The lowest BCUT2D eigenvalue weighted by Crippen LogP contribution is -2.30. The predicted molar refractivity (Wildman–Crippen MR) is 111 cm³/mol. The van der Waals surface area contributed by atoms with Gasteiger partial charge in [-0.05, 0) is 66.5 Å². The van der Waals surface area contributed by atoms with Gasteiger partial charge in [0.1, 0.15) is 0 Å². The van der Waals surface area contributed by atoms with E-state index in [9.17, 15) is 4.79 Å². The van der Waals surface area contributed by atoms with E-state index in [4.69, 9.17) is 11.6 Å². The summed E-state index contributed by atoms with van der Waals surface area (Å²) in [6, 6.07) is 17.8. The molecule has 0 aromatic heterocycles. The minimum absolute atomic E-state index is 0.163. The van der Waals surface area contributed by atoms with E-state index in [-0.39, 0.29) is 5.91 Å². The third-order valence-electron chi connectivity index (χ3n) is 5.85. The number of fused-ring (bicyclic) bond motifs is 2. The van der Waals surface area contributed by atoms with E-state index in [2.05, 4.69) is 24.4 Å². The zero-order chi connectivity index (χ0) is 18.5. The first-order valence-corrected chi connectivity index (χ1v) is 9.82. The normalized spacial score (nSPS) is 20.6. The number of amides is 1. The van der Waals surface area contributed by atoms with Crippen LogP contribution in [0.5, 0.6) is 0 Å². The Morgan fingerprint density at radius 1 is 1.07 bits per heavy atom. The average Bonchev–Trinajstić information content (AvgIpc) is 3.27. The molecule has 3 aromatic carbocycles. The van der Waals surface area contributed by atoms with E-state index in [0.717, 1.165) is 58.2 Å². The number of carbonyl (C=O) groups excluding carboxylic acids is 1. The van der Waals surface area contributed by atoms with Crippen molar-refractivity contribution in [2.24, 2.45) is 11.8 Å². The van der Waals surface area contributed by atoms with Gasteiger partial charge in [-0.25, -0.2) is 0 Å². The molecule has 4 heteroatoms. The highest BCUT2D eigenvalue weighted by Gasteiger charge is 2.46. The number of anilines is 2. The van der Waals surface area contributed by atoms with Crippen LogP contribution in [0.15, 0.2) is 54.6 Å². The number of halogens is 1. The van der Waals surface area contributed by atoms with Gasteiger partial charge in [0.15, 0.2) is 0 Å². The zero-order valence-electron chi connectivity index (χ0n) is 15.2. The highest BCUT2D eigenvalue weighted by Crippen LogP contribution is 2.45. The number of aryl methyl sites for hydroxylation is 1. The Balaban J connectivity index is 1.57. The molecule has 2 atom stereocenters. The molecule has 1 saturated carbocycles. The van der Waals surface area contributed by atoms with Gasteiger partial charge in [-0.1, -0.05) is 35.9 Å². The summed E-state index contributed by atoms with van der Waals surface area (Å²) in [7, 11) is 0. The number of likely N-dealkylation sites (tertiary alicyclic amines) is 1.